The molecule has 0 aliphatic heterocycles. The summed E-state index contributed by atoms with van der Waals surface area (Å²) in [5, 5.41) is 0. The number of aldehydes is 1. The highest BCUT2D eigenvalue weighted by molar-refractivity contribution is 7.99. The third kappa shape index (κ3) is 26.0. The molecule has 0 fully saturated rings. The summed E-state index contributed by atoms with van der Waals surface area (Å²) in [6, 6.07) is 0. The number of hydrogen-bond acceptors (Lipinski definition) is 2. The summed E-state index contributed by atoms with van der Waals surface area (Å²) in [6.07, 6.45) is 31.5. The van der Waals surface area contributed by atoms with E-state index in [0.29, 0.717) is 0 Å². The summed E-state index contributed by atoms with van der Waals surface area (Å²) in [7, 11) is 0. The summed E-state index contributed by atoms with van der Waals surface area (Å²) in [5.74, 6) is 2.70. The fraction of sp³-hybridized carbons (Fsp3) is 0.962. The number of rotatable bonds is 25. The Morgan fingerprint density at radius 2 is 0.786 bits per heavy atom. The Balaban J connectivity index is 2.97. The minimum atomic E-state index is 0.758. The van der Waals surface area contributed by atoms with Crippen LogP contribution in [0.25, 0.3) is 0 Å². The van der Waals surface area contributed by atoms with Crippen molar-refractivity contribution in [3.63, 3.8) is 0 Å². The number of thioether (sulfide) groups is 1. The zero-order valence-corrected chi connectivity index (χ0v) is 20.2. The van der Waals surface area contributed by atoms with Crippen molar-refractivity contribution in [2.24, 2.45) is 0 Å². The van der Waals surface area contributed by atoms with Gasteiger partial charge in [0.2, 0.25) is 0 Å². The van der Waals surface area contributed by atoms with Crippen LogP contribution >= 0.6 is 11.8 Å². The first-order chi connectivity index (χ1) is 13.9. The standard InChI is InChI=1S/C26H52OS/c1-2-3-4-5-6-7-8-9-10-11-12-13-14-16-19-22-25-28-26-23-20-17-15-18-21-24-27/h24H,2-23,25-26H2,1H3. The van der Waals surface area contributed by atoms with E-state index in [1.165, 1.54) is 140 Å². The topological polar surface area (TPSA) is 17.1 Å². The maximum Gasteiger partial charge on any atom is 0.119 e. The maximum absolute atomic E-state index is 10.2. The van der Waals surface area contributed by atoms with E-state index in [-0.39, 0.29) is 0 Å². The molecule has 0 spiro atoms. The molecule has 0 aromatic rings. The lowest BCUT2D eigenvalue weighted by Gasteiger charge is -2.04. The fourth-order valence-corrected chi connectivity index (χ4v) is 4.84. The van der Waals surface area contributed by atoms with E-state index < -0.39 is 0 Å². The first kappa shape index (κ1) is 28.0. The van der Waals surface area contributed by atoms with Gasteiger partial charge in [-0.15, -0.1) is 0 Å². The predicted octanol–water partition coefficient (Wildman–Crippen LogP) is 9.52. The smallest absolute Gasteiger partial charge is 0.119 e. The molecule has 0 unspecified atom stereocenters. The van der Waals surface area contributed by atoms with Gasteiger partial charge in [-0.2, -0.15) is 11.8 Å². The highest BCUT2D eigenvalue weighted by atomic mass is 32.2. The molecule has 0 aromatic carbocycles. The van der Waals surface area contributed by atoms with Gasteiger partial charge in [0.1, 0.15) is 6.29 Å². The van der Waals surface area contributed by atoms with Crippen LogP contribution in [0.1, 0.15) is 148 Å². The van der Waals surface area contributed by atoms with Crippen molar-refractivity contribution in [1.29, 1.82) is 0 Å². The normalized spacial score (nSPS) is 11.2. The molecule has 0 aliphatic carbocycles. The SMILES string of the molecule is CCCCCCCCCCCCCCCCCCSCCCCCCCC=O. The first-order valence-electron chi connectivity index (χ1n) is 12.9. The Bertz CT molecular complexity index is 280. The minimum absolute atomic E-state index is 0.758. The van der Waals surface area contributed by atoms with Crippen LogP contribution in [0.15, 0.2) is 0 Å². The molecule has 0 atom stereocenters. The van der Waals surface area contributed by atoms with E-state index in [2.05, 4.69) is 18.7 Å². The molecule has 0 rings (SSSR count). The third-order valence-electron chi connectivity index (χ3n) is 5.75. The highest BCUT2D eigenvalue weighted by Crippen LogP contribution is 2.15. The van der Waals surface area contributed by atoms with Crippen LogP contribution in [-0.2, 0) is 4.79 Å². The number of carbonyl (C=O) groups excluding carboxylic acids is 1. The monoisotopic (exact) mass is 412 g/mol. The van der Waals surface area contributed by atoms with Gasteiger partial charge in [-0.25, -0.2) is 0 Å². The summed E-state index contributed by atoms with van der Waals surface area (Å²) >= 11 is 2.15. The molecule has 168 valence electrons. The molecule has 0 amide bonds. The van der Waals surface area contributed by atoms with Gasteiger partial charge in [0, 0.05) is 6.42 Å². The maximum atomic E-state index is 10.2. The average molecular weight is 413 g/mol. The lowest BCUT2D eigenvalue weighted by Crippen LogP contribution is -1.87. The summed E-state index contributed by atoms with van der Waals surface area (Å²) in [5.41, 5.74) is 0. The molecule has 0 saturated carbocycles. The minimum Gasteiger partial charge on any atom is -0.303 e. The van der Waals surface area contributed by atoms with Crippen LogP contribution in [0.5, 0.6) is 0 Å². The van der Waals surface area contributed by atoms with Crippen molar-refractivity contribution < 1.29 is 4.79 Å². The van der Waals surface area contributed by atoms with Crippen LogP contribution in [0.3, 0.4) is 0 Å². The van der Waals surface area contributed by atoms with Crippen LogP contribution in [0.4, 0.5) is 0 Å². The Labute approximate surface area is 182 Å². The van der Waals surface area contributed by atoms with Gasteiger partial charge in [-0.3, -0.25) is 0 Å². The number of unbranched alkanes of at least 4 members (excludes halogenated alkanes) is 20. The van der Waals surface area contributed by atoms with E-state index >= 15 is 0 Å². The molecule has 0 heterocycles. The Morgan fingerprint density at radius 3 is 1.14 bits per heavy atom. The van der Waals surface area contributed by atoms with Gasteiger partial charge in [0.25, 0.3) is 0 Å². The lowest BCUT2D eigenvalue weighted by molar-refractivity contribution is -0.107. The van der Waals surface area contributed by atoms with E-state index in [0.717, 1.165) is 19.1 Å². The van der Waals surface area contributed by atoms with E-state index in [1.54, 1.807) is 0 Å². The van der Waals surface area contributed by atoms with Gasteiger partial charge in [-0.05, 0) is 30.8 Å². The molecule has 0 radical (unpaired) electrons. The number of hydrogen-bond donors (Lipinski definition) is 0. The average Bonchev–Trinajstić information content (AvgIpc) is 2.71. The van der Waals surface area contributed by atoms with Gasteiger partial charge in [0.05, 0.1) is 0 Å². The molecule has 0 N–H and O–H groups in total. The second-order valence-corrected chi connectivity index (χ2v) is 9.86. The van der Waals surface area contributed by atoms with Gasteiger partial charge in [-0.1, -0.05) is 122 Å². The van der Waals surface area contributed by atoms with E-state index in [4.69, 9.17) is 0 Å². The molecular weight excluding hydrogens is 360 g/mol. The molecule has 0 bridgehead atoms. The summed E-state index contributed by atoms with van der Waals surface area (Å²) in [6.45, 7) is 2.30. The molecule has 2 heteroatoms. The molecular formula is C26H52OS. The molecule has 0 aromatic heterocycles. The quantitative estimate of drug-likeness (QED) is 0.110. The van der Waals surface area contributed by atoms with Gasteiger partial charge < -0.3 is 4.79 Å². The van der Waals surface area contributed by atoms with Gasteiger partial charge in [0.15, 0.2) is 0 Å². The fourth-order valence-electron chi connectivity index (χ4n) is 3.82. The first-order valence-corrected chi connectivity index (χ1v) is 14.1. The molecule has 0 saturated heterocycles. The second-order valence-electron chi connectivity index (χ2n) is 8.64. The zero-order valence-electron chi connectivity index (χ0n) is 19.4. The van der Waals surface area contributed by atoms with Crippen LogP contribution in [0.2, 0.25) is 0 Å². The summed E-state index contributed by atoms with van der Waals surface area (Å²) in [4.78, 5) is 10.2. The predicted molar refractivity (Wildman–Crippen MR) is 131 cm³/mol. The third-order valence-corrected chi connectivity index (χ3v) is 6.91. The van der Waals surface area contributed by atoms with E-state index in [9.17, 15) is 4.79 Å². The van der Waals surface area contributed by atoms with Crippen LogP contribution < -0.4 is 0 Å². The van der Waals surface area contributed by atoms with Crippen LogP contribution in [-0.4, -0.2) is 17.8 Å². The zero-order chi connectivity index (χ0) is 20.4. The van der Waals surface area contributed by atoms with Crippen LogP contribution in [0, 0.1) is 0 Å². The summed E-state index contributed by atoms with van der Waals surface area (Å²) < 4.78 is 0. The molecule has 0 aliphatic rings. The highest BCUT2D eigenvalue weighted by Gasteiger charge is 1.96. The van der Waals surface area contributed by atoms with Crippen molar-refractivity contribution in [3.8, 4) is 0 Å². The Hall–Kier alpha value is 0.0200. The van der Waals surface area contributed by atoms with Crippen molar-refractivity contribution in [2.75, 3.05) is 11.5 Å². The van der Waals surface area contributed by atoms with Crippen molar-refractivity contribution in [2.45, 2.75) is 148 Å². The Morgan fingerprint density at radius 1 is 0.464 bits per heavy atom. The number of carbonyl (C=O) groups is 1. The van der Waals surface area contributed by atoms with Crippen molar-refractivity contribution in [3.05, 3.63) is 0 Å². The molecule has 1 nitrogen and oxygen atoms in total. The van der Waals surface area contributed by atoms with E-state index in [1.807, 2.05) is 0 Å². The Kier molecular flexibility index (Phi) is 27.0. The lowest BCUT2D eigenvalue weighted by atomic mass is 10.0. The van der Waals surface area contributed by atoms with Crippen molar-refractivity contribution >= 4 is 18.0 Å². The van der Waals surface area contributed by atoms with Gasteiger partial charge >= 0.3 is 0 Å². The largest absolute Gasteiger partial charge is 0.303 e. The second kappa shape index (κ2) is 27.0. The molecule has 28 heavy (non-hydrogen) atoms. The van der Waals surface area contributed by atoms with Crippen molar-refractivity contribution in [1.82, 2.24) is 0 Å².